The van der Waals surface area contributed by atoms with Crippen LogP contribution in [0.2, 0.25) is 0 Å². The van der Waals surface area contributed by atoms with Crippen molar-refractivity contribution in [1.29, 1.82) is 0 Å². The zero-order valence-corrected chi connectivity index (χ0v) is 10.5. The van der Waals surface area contributed by atoms with Gasteiger partial charge in [0.2, 0.25) is 0 Å². The van der Waals surface area contributed by atoms with Gasteiger partial charge in [0.25, 0.3) is 0 Å². The van der Waals surface area contributed by atoms with E-state index in [1.54, 1.807) is 0 Å². The van der Waals surface area contributed by atoms with Gasteiger partial charge in [-0.1, -0.05) is 25.5 Å². The molecule has 4 heteroatoms. The van der Waals surface area contributed by atoms with Crippen molar-refractivity contribution in [2.24, 2.45) is 5.92 Å². The monoisotopic (exact) mass is 222 g/mol. The van der Waals surface area contributed by atoms with Gasteiger partial charge in [0.1, 0.15) is 0 Å². The smallest absolute Gasteiger partial charge is 0.0999 e. The molecule has 0 unspecified atom stereocenters. The summed E-state index contributed by atoms with van der Waals surface area (Å²) in [6.07, 6.45) is 3.97. The Morgan fingerprint density at radius 3 is 2.69 bits per heavy atom. The molecule has 0 atom stereocenters. The van der Waals surface area contributed by atoms with Gasteiger partial charge in [-0.2, -0.15) is 0 Å². The molecular formula is C12H22N4. The van der Waals surface area contributed by atoms with Crippen molar-refractivity contribution in [1.82, 2.24) is 20.3 Å². The average Bonchev–Trinajstić information content (AvgIpc) is 2.48. The SMILES string of the molecule is CNCc1nnn(CC(C)C)c1C1CCC1. The van der Waals surface area contributed by atoms with Crippen molar-refractivity contribution >= 4 is 0 Å². The molecule has 0 radical (unpaired) electrons. The highest BCUT2D eigenvalue weighted by Gasteiger charge is 2.27. The predicted molar refractivity (Wildman–Crippen MR) is 64.2 cm³/mol. The van der Waals surface area contributed by atoms with E-state index in [1.165, 1.54) is 25.0 Å². The molecule has 2 rings (SSSR count). The van der Waals surface area contributed by atoms with E-state index < -0.39 is 0 Å². The van der Waals surface area contributed by atoms with Gasteiger partial charge < -0.3 is 5.32 Å². The fourth-order valence-electron chi connectivity index (χ4n) is 2.26. The van der Waals surface area contributed by atoms with E-state index in [0.717, 1.165) is 18.8 Å². The van der Waals surface area contributed by atoms with Crippen molar-refractivity contribution in [2.45, 2.75) is 52.1 Å². The number of hydrogen-bond donors (Lipinski definition) is 1. The molecule has 0 aliphatic heterocycles. The molecule has 16 heavy (non-hydrogen) atoms. The second kappa shape index (κ2) is 4.95. The van der Waals surface area contributed by atoms with Crippen LogP contribution in [0.25, 0.3) is 0 Å². The highest BCUT2D eigenvalue weighted by Crippen LogP contribution is 2.37. The molecule has 1 N–H and O–H groups in total. The highest BCUT2D eigenvalue weighted by molar-refractivity contribution is 5.18. The van der Waals surface area contributed by atoms with Crippen molar-refractivity contribution in [3.63, 3.8) is 0 Å². The van der Waals surface area contributed by atoms with E-state index >= 15 is 0 Å². The number of nitrogens with one attached hydrogen (secondary N) is 1. The minimum absolute atomic E-state index is 0.628. The molecule has 0 spiro atoms. The highest BCUT2D eigenvalue weighted by atomic mass is 15.4. The van der Waals surface area contributed by atoms with Crippen molar-refractivity contribution in [3.8, 4) is 0 Å². The van der Waals surface area contributed by atoms with Gasteiger partial charge in [0, 0.05) is 19.0 Å². The molecule has 0 bridgehead atoms. The molecule has 0 saturated heterocycles. The van der Waals surface area contributed by atoms with E-state index in [1.807, 2.05) is 7.05 Å². The molecule has 0 aromatic carbocycles. The van der Waals surface area contributed by atoms with Crippen LogP contribution < -0.4 is 5.32 Å². The lowest BCUT2D eigenvalue weighted by atomic mass is 9.82. The number of aromatic nitrogens is 3. The summed E-state index contributed by atoms with van der Waals surface area (Å²) in [6, 6.07) is 0. The van der Waals surface area contributed by atoms with Crippen LogP contribution in [0.5, 0.6) is 0 Å². The topological polar surface area (TPSA) is 42.7 Å². The third-order valence-electron chi connectivity index (χ3n) is 3.22. The van der Waals surface area contributed by atoms with E-state index in [2.05, 4.69) is 34.2 Å². The standard InChI is InChI=1S/C12H22N4/c1-9(2)8-16-12(10-5-4-6-10)11(7-13-3)14-15-16/h9-10,13H,4-8H2,1-3H3. The molecule has 1 aliphatic rings. The number of hydrogen-bond acceptors (Lipinski definition) is 3. The second-order valence-corrected chi connectivity index (χ2v) is 5.16. The third-order valence-corrected chi connectivity index (χ3v) is 3.22. The lowest BCUT2D eigenvalue weighted by Gasteiger charge is -2.27. The molecule has 1 aromatic heterocycles. The summed E-state index contributed by atoms with van der Waals surface area (Å²) >= 11 is 0. The summed E-state index contributed by atoms with van der Waals surface area (Å²) in [6.45, 7) is 6.28. The normalized spacial score (nSPS) is 16.8. The molecular weight excluding hydrogens is 200 g/mol. The molecule has 4 nitrogen and oxygen atoms in total. The van der Waals surface area contributed by atoms with Gasteiger partial charge >= 0.3 is 0 Å². The van der Waals surface area contributed by atoms with Gasteiger partial charge in [0.15, 0.2) is 0 Å². The number of nitrogens with zero attached hydrogens (tertiary/aromatic N) is 3. The fraction of sp³-hybridized carbons (Fsp3) is 0.833. The largest absolute Gasteiger partial charge is 0.314 e. The lowest BCUT2D eigenvalue weighted by molar-refractivity contribution is 0.369. The van der Waals surface area contributed by atoms with Gasteiger partial charge in [-0.15, -0.1) is 5.10 Å². The van der Waals surface area contributed by atoms with Crippen LogP contribution >= 0.6 is 0 Å². The minimum Gasteiger partial charge on any atom is -0.314 e. The van der Waals surface area contributed by atoms with Crippen LogP contribution in [0.4, 0.5) is 0 Å². The summed E-state index contributed by atoms with van der Waals surface area (Å²) in [5.74, 6) is 1.33. The molecule has 1 heterocycles. The van der Waals surface area contributed by atoms with Gasteiger partial charge in [-0.3, -0.25) is 0 Å². The lowest BCUT2D eigenvalue weighted by Crippen LogP contribution is -2.20. The Hall–Kier alpha value is -0.900. The summed E-state index contributed by atoms with van der Waals surface area (Å²) in [7, 11) is 1.96. The predicted octanol–water partition coefficient (Wildman–Crippen LogP) is 1.92. The maximum atomic E-state index is 4.31. The number of rotatable bonds is 5. The van der Waals surface area contributed by atoms with Crippen molar-refractivity contribution in [3.05, 3.63) is 11.4 Å². The van der Waals surface area contributed by atoms with Gasteiger partial charge in [0.05, 0.1) is 11.4 Å². The Morgan fingerprint density at radius 2 is 2.19 bits per heavy atom. The summed E-state index contributed by atoms with van der Waals surface area (Å²) in [5.41, 5.74) is 2.53. The minimum atomic E-state index is 0.628. The van der Waals surface area contributed by atoms with Crippen LogP contribution in [-0.4, -0.2) is 22.0 Å². The fourth-order valence-corrected chi connectivity index (χ4v) is 2.26. The summed E-state index contributed by atoms with van der Waals surface area (Å²) < 4.78 is 2.13. The first-order valence-electron chi connectivity index (χ1n) is 6.29. The zero-order chi connectivity index (χ0) is 11.5. The Balaban J connectivity index is 2.22. The molecule has 1 aromatic rings. The van der Waals surface area contributed by atoms with Crippen LogP contribution in [0.1, 0.15) is 50.4 Å². The molecule has 1 saturated carbocycles. The summed E-state index contributed by atoms with van der Waals surface area (Å²) in [4.78, 5) is 0. The van der Waals surface area contributed by atoms with Crippen molar-refractivity contribution in [2.75, 3.05) is 7.05 Å². The van der Waals surface area contributed by atoms with Crippen LogP contribution in [-0.2, 0) is 13.1 Å². The molecule has 1 fully saturated rings. The molecule has 1 aliphatic carbocycles. The summed E-state index contributed by atoms with van der Waals surface area (Å²) in [5, 5.41) is 11.8. The molecule has 90 valence electrons. The first-order valence-corrected chi connectivity index (χ1v) is 6.29. The van der Waals surface area contributed by atoms with Gasteiger partial charge in [-0.25, -0.2) is 4.68 Å². The van der Waals surface area contributed by atoms with Crippen LogP contribution in [0, 0.1) is 5.92 Å². The zero-order valence-electron chi connectivity index (χ0n) is 10.5. The van der Waals surface area contributed by atoms with Crippen LogP contribution in [0.15, 0.2) is 0 Å². The van der Waals surface area contributed by atoms with Crippen LogP contribution in [0.3, 0.4) is 0 Å². The van der Waals surface area contributed by atoms with Crippen molar-refractivity contribution < 1.29 is 0 Å². The quantitative estimate of drug-likeness (QED) is 0.827. The molecule has 0 amide bonds. The average molecular weight is 222 g/mol. The Labute approximate surface area is 97.4 Å². The van der Waals surface area contributed by atoms with E-state index in [4.69, 9.17) is 0 Å². The first-order chi connectivity index (χ1) is 7.72. The van der Waals surface area contributed by atoms with E-state index in [-0.39, 0.29) is 0 Å². The maximum Gasteiger partial charge on any atom is 0.0999 e. The van der Waals surface area contributed by atoms with Gasteiger partial charge in [-0.05, 0) is 25.8 Å². The second-order valence-electron chi connectivity index (χ2n) is 5.16. The first kappa shape index (κ1) is 11.6. The van der Waals surface area contributed by atoms with E-state index in [0.29, 0.717) is 11.8 Å². The third kappa shape index (κ3) is 2.26. The maximum absolute atomic E-state index is 4.31. The Kier molecular flexibility index (Phi) is 3.59. The Bertz CT molecular complexity index is 339. The van der Waals surface area contributed by atoms with E-state index in [9.17, 15) is 0 Å². The Morgan fingerprint density at radius 1 is 1.44 bits per heavy atom.